The summed E-state index contributed by atoms with van der Waals surface area (Å²) in [5.41, 5.74) is 4.47. The Morgan fingerprint density at radius 2 is 1.73 bits per heavy atom. The van der Waals surface area contributed by atoms with E-state index >= 15 is 0 Å². The van der Waals surface area contributed by atoms with Gasteiger partial charge in [0.2, 0.25) is 5.89 Å². The van der Waals surface area contributed by atoms with Crippen LogP contribution in [-0.2, 0) is 6.61 Å². The number of hydrogen-bond donors (Lipinski definition) is 1. The fourth-order valence-electron chi connectivity index (χ4n) is 2.64. The number of nitrogens with zero attached hydrogens (tertiary/aromatic N) is 4. The van der Waals surface area contributed by atoms with Gasteiger partial charge in [0.25, 0.3) is 5.89 Å². The molecule has 0 aliphatic heterocycles. The second kappa shape index (κ2) is 6.85. The summed E-state index contributed by atoms with van der Waals surface area (Å²) in [7, 11) is 0. The Balaban J connectivity index is 0.00000140. The quantitative estimate of drug-likeness (QED) is 0.596. The average Bonchev–Trinajstić information content (AvgIpc) is 3.19. The summed E-state index contributed by atoms with van der Waals surface area (Å²) in [6.45, 7) is 1.83. The number of rotatable bonds is 4. The highest BCUT2D eigenvalue weighted by atomic mass is 16.4. The maximum atomic E-state index is 9.33. The lowest BCUT2D eigenvalue weighted by Gasteiger charge is -2.06. The molecule has 1 N–H and O–H groups in total. The van der Waals surface area contributed by atoms with E-state index in [9.17, 15) is 5.11 Å². The molecule has 0 atom stereocenters. The van der Waals surface area contributed by atoms with E-state index in [1.807, 2.05) is 61.5 Å². The van der Waals surface area contributed by atoms with Crippen molar-refractivity contribution in [3.05, 3.63) is 72.1 Å². The van der Waals surface area contributed by atoms with Crippen LogP contribution in [0.25, 0.3) is 34.3 Å². The molecular weight excluding hydrogens is 328 g/mol. The summed E-state index contributed by atoms with van der Waals surface area (Å²) in [4.78, 5) is 9.07. The molecule has 0 saturated heterocycles. The lowest BCUT2D eigenvalue weighted by Crippen LogP contribution is -1.96. The number of aromatic nitrogens is 4. The molecule has 4 aromatic rings. The minimum absolute atomic E-state index is 0. The maximum Gasteiger partial charge on any atom is 0.268 e. The summed E-state index contributed by atoms with van der Waals surface area (Å²) in [6, 6.07) is 17.1. The third-order valence-electron chi connectivity index (χ3n) is 4.01. The lowest BCUT2D eigenvalue weighted by atomic mass is 10.1. The minimum Gasteiger partial charge on any atom is -0.415 e. The second-order valence-corrected chi connectivity index (χ2v) is 5.83. The van der Waals surface area contributed by atoms with Gasteiger partial charge in [-0.3, -0.25) is 4.98 Å². The molecule has 26 heavy (non-hydrogen) atoms. The number of aryl methyl sites for hydroxylation is 1. The van der Waals surface area contributed by atoms with Crippen LogP contribution in [0.5, 0.6) is 0 Å². The summed E-state index contributed by atoms with van der Waals surface area (Å²) in [6.07, 6.45) is 1.70. The highest BCUT2D eigenvalue weighted by molar-refractivity contribution is 5.64. The van der Waals surface area contributed by atoms with Crippen molar-refractivity contribution in [2.75, 3.05) is 0 Å². The first-order valence-corrected chi connectivity index (χ1v) is 8.17. The topological polar surface area (TPSA) is 84.9 Å². The van der Waals surface area contributed by atoms with Crippen molar-refractivity contribution in [2.45, 2.75) is 13.5 Å². The SMILES string of the molecule is Cc1ncc(-c2cccc(CO)c2)nc1-c1nnc(-c2ccccc2)o1.[HH].[HH]. The second-order valence-electron chi connectivity index (χ2n) is 5.83. The molecule has 0 radical (unpaired) electrons. The Kier molecular flexibility index (Phi) is 4.25. The van der Waals surface area contributed by atoms with Gasteiger partial charge in [-0.2, -0.15) is 0 Å². The molecule has 0 amide bonds. The van der Waals surface area contributed by atoms with Crippen LogP contribution in [0.15, 0.2) is 65.2 Å². The Morgan fingerprint density at radius 1 is 0.962 bits per heavy atom. The van der Waals surface area contributed by atoms with Crippen LogP contribution in [0.3, 0.4) is 0 Å². The van der Waals surface area contributed by atoms with Crippen molar-refractivity contribution in [1.29, 1.82) is 0 Å². The van der Waals surface area contributed by atoms with Gasteiger partial charge in [0.1, 0.15) is 5.69 Å². The van der Waals surface area contributed by atoms with Gasteiger partial charge in [-0.1, -0.05) is 36.4 Å². The molecule has 132 valence electrons. The summed E-state index contributed by atoms with van der Waals surface area (Å²) in [5.74, 6) is 0.767. The first-order chi connectivity index (χ1) is 12.7. The fourth-order valence-corrected chi connectivity index (χ4v) is 2.64. The first-order valence-electron chi connectivity index (χ1n) is 8.17. The van der Waals surface area contributed by atoms with Gasteiger partial charge in [-0.05, 0) is 30.7 Å². The Morgan fingerprint density at radius 3 is 2.54 bits per heavy atom. The van der Waals surface area contributed by atoms with Gasteiger partial charge < -0.3 is 9.52 Å². The molecule has 6 nitrogen and oxygen atoms in total. The molecule has 0 fully saturated rings. The normalized spacial score (nSPS) is 10.8. The predicted octanol–water partition coefficient (Wildman–Crippen LogP) is 4.15. The molecule has 0 spiro atoms. The molecule has 0 aliphatic carbocycles. The number of aliphatic hydroxyl groups excluding tert-OH is 1. The van der Waals surface area contributed by atoms with Crippen molar-refractivity contribution in [1.82, 2.24) is 20.2 Å². The van der Waals surface area contributed by atoms with E-state index in [0.29, 0.717) is 28.9 Å². The van der Waals surface area contributed by atoms with Crippen LogP contribution < -0.4 is 0 Å². The average molecular weight is 348 g/mol. The van der Waals surface area contributed by atoms with Crippen LogP contribution in [0.4, 0.5) is 0 Å². The van der Waals surface area contributed by atoms with E-state index in [2.05, 4.69) is 20.2 Å². The molecule has 2 aromatic carbocycles. The van der Waals surface area contributed by atoms with E-state index in [1.165, 1.54) is 0 Å². The Hall–Kier alpha value is -3.38. The first kappa shape index (κ1) is 16.1. The van der Waals surface area contributed by atoms with Gasteiger partial charge in [0.15, 0.2) is 0 Å². The van der Waals surface area contributed by atoms with Crippen LogP contribution in [0, 0.1) is 6.92 Å². The zero-order chi connectivity index (χ0) is 17.9. The Bertz CT molecular complexity index is 1060. The third-order valence-corrected chi connectivity index (χ3v) is 4.01. The molecule has 0 aliphatic rings. The van der Waals surface area contributed by atoms with Gasteiger partial charge in [0.05, 0.1) is 24.2 Å². The molecule has 0 saturated carbocycles. The van der Waals surface area contributed by atoms with Gasteiger partial charge >= 0.3 is 0 Å². The van der Waals surface area contributed by atoms with Crippen molar-refractivity contribution >= 4 is 0 Å². The highest BCUT2D eigenvalue weighted by Crippen LogP contribution is 2.26. The number of aliphatic hydroxyl groups is 1. The van der Waals surface area contributed by atoms with Crippen LogP contribution in [0.1, 0.15) is 14.1 Å². The van der Waals surface area contributed by atoms with Crippen molar-refractivity contribution in [2.24, 2.45) is 0 Å². The maximum absolute atomic E-state index is 9.33. The zero-order valence-electron chi connectivity index (χ0n) is 14.1. The van der Waals surface area contributed by atoms with Crippen LogP contribution >= 0.6 is 0 Å². The van der Waals surface area contributed by atoms with E-state index in [1.54, 1.807) is 6.20 Å². The van der Waals surface area contributed by atoms with Gasteiger partial charge in [0, 0.05) is 14.0 Å². The molecule has 0 unspecified atom stereocenters. The van der Waals surface area contributed by atoms with Crippen molar-refractivity contribution < 1.29 is 12.4 Å². The van der Waals surface area contributed by atoms with E-state index in [4.69, 9.17) is 4.42 Å². The monoisotopic (exact) mass is 348 g/mol. The highest BCUT2D eigenvalue weighted by Gasteiger charge is 2.16. The van der Waals surface area contributed by atoms with Crippen molar-refractivity contribution in [3.8, 4) is 34.3 Å². The number of benzene rings is 2. The van der Waals surface area contributed by atoms with E-state index in [-0.39, 0.29) is 9.46 Å². The summed E-state index contributed by atoms with van der Waals surface area (Å²) in [5, 5.41) is 17.6. The third kappa shape index (κ3) is 3.10. The molecule has 0 bridgehead atoms. The van der Waals surface area contributed by atoms with Gasteiger partial charge in [-0.15, -0.1) is 10.2 Å². The van der Waals surface area contributed by atoms with Crippen LogP contribution in [0.2, 0.25) is 0 Å². The molecular formula is C20H20N4O2. The summed E-state index contributed by atoms with van der Waals surface area (Å²) >= 11 is 0. The largest absolute Gasteiger partial charge is 0.415 e. The summed E-state index contributed by atoms with van der Waals surface area (Å²) < 4.78 is 5.81. The van der Waals surface area contributed by atoms with Crippen molar-refractivity contribution in [3.63, 3.8) is 0 Å². The predicted molar refractivity (Wildman–Crippen MR) is 101 cm³/mol. The number of hydrogen-bond acceptors (Lipinski definition) is 6. The molecule has 4 rings (SSSR count). The van der Waals surface area contributed by atoms with Crippen LogP contribution in [-0.4, -0.2) is 25.3 Å². The fraction of sp³-hybridized carbons (Fsp3) is 0.100. The van der Waals surface area contributed by atoms with Gasteiger partial charge in [-0.25, -0.2) is 4.98 Å². The molecule has 6 heteroatoms. The minimum atomic E-state index is -0.0237. The molecule has 2 heterocycles. The Labute approximate surface area is 153 Å². The lowest BCUT2D eigenvalue weighted by molar-refractivity contribution is 0.282. The standard InChI is InChI=1S/C20H16N4O2.2H2/c1-13-18(20-24-23-19(26-20)15-7-3-2-4-8-15)22-17(11-21-13)16-9-5-6-14(10-16)12-25;;/h2-11,25H,12H2,1H3;2*1H. The van der Waals surface area contributed by atoms with E-state index in [0.717, 1.165) is 16.7 Å². The zero-order valence-corrected chi connectivity index (χ0v) is 14.1. The molecule has 2 aromatic heterocycles. The van der Waals surface area contributed by atoms with E-state index < -0.39 is 0 Å². The smallest absolute Gasteiger partial charge is 0.268 e.